The van der Waals surface area contributed by atoms with E-state index >= 15 is 0 Å². The van der Waals surface area contributed by atoms with Crippen LogP contribution in [0.15, 0.2) is 72.9 Å². The van der Waals surface area contributed by atoms with Crippen molar-refractivity contribution in [1.82, 2.24) is 0 Å². The van der Waals surface area contributed by atoms with Crippen molar-refractivity contribution < 1.29 is 73.8 Å². The van der Waals surface area contributed by atoms with Crippen molar-refractivity contribution in [3.63, 3.8) is 0 Å². The summed E-state index contributed by atoms with van der Waals surface area (Å²) in [6.07, 6.45) is 29.2. The molecular weight excluding hydrogens is 877 g/mol. The van der Waals surface area contributed by atoms with Crippen molar-refractivity contribution in [1.29, 1.82) is 0 Å². The largest absolute Gasteiger partial charge is 0.462 e. The Morgan fingerprint density at radius 1 is 0.471 bits per heavy atom. The molecule has 0 radical (unpaired) electrons. The molecule has 0 bridgehead atoms. The molecule has 0 saturated carbocycles. The molecule has 15 nitrogen and oxygen atoms in total. The molecule has 4 unspecified atom stereocenters. The molecule has 0 spiro atoms. The molecule has 0 amide bonds. The molecule has 11 atom stereocenters. The highest BCUT2D eigenvalue weighted by Crippen LogP contribution is 2.26. The first-order chi connectivity index (χ1) is 33.0. The monoisotopic (exact) mass is 965 g/mol. The predicted molar refractivity (Wildman–Crippen MR) is 261 cm³/mol. The van der Waals surface area contributed by atoms with Gasteiger partial charge in [0.2, 0.25) is 0 Å². The lowest BCUT2D eigenvalue weighted by Gasteiger charge is -2.42. The van der Waals surface area contributed by atoms with E-state index in [1.165, 1.54) is 25.7 Å². The average Bonchev–Trinajstić information content (AvgIpc) is 3.33. The first kappa shape index (κ1) is 61.1. The van der Waals surface area contributed by atoms with E-state index in [2.05, 4.69) is 86.8 Å². The standard InChI is InChI=1S/C53H88O15/c1-3-5-7-9-11-13-15-17-19-20-22-23-25-27-29-31-33-35-44(55)63-38-41(66-45(56)36-34-32-30-28-26-24-21-18-16-14-12-10-8-6-4-2)39-64-52-51(62)49(60)47(58)43(68-52)40-65-53-50(61)48(59)46(57)42(37-54)67-53/h7,9,12-15,18-21,23,25,41-43,46-54,57-62H,3-6,8,10-11,16-17,22,24,26-40H2,1-2H3/b9-7+,14-12+,15-13+,20-19+,21-18+,25-23+/t41-,42+,43+,46-,47-,48?,49?,50?,51?,52+,53+/m0/s1. The van der Waals surface area contributed by atoms with Crippen LogP contribution in [0.4, 0.5) is 0 Å². The third-order valence-electron chi connectivity index (χ3n) is 11.6. The van der Waals surface area contributed by atoms with Gasteiger partial charge in [-0.3, -0.25) is 9.59 Å². The lowest BCUT2D eigenvalue weighted by atomic mass is 9.98. The molecule has 0 aromatic rings. The number of aliphatic hydroxyl groups excluding tert-OH is 7. The number of rotatable bonds is 38. The van der Waals surface area contributed by atoms with Gasteiger partial charge < -0.3 is 64.2 Å². The highest BCUT2D eigenvalue weighted by Gasteiger charge is 2.47. The van der Waals surface area contributed by atoms with E-state index in [0.717, 1.165) is 89.9 Å². The van der Waals surface area contributed by atoms with Crippen molar-refractivity contribution in [2.75, 3.05) is 26.4 Å². The lowest BCUT2D eigenvalue weighted by molar-refractivity contribution is -0.332. The first-order valence-corrected chi connectivity index (χ1v) is 25.5. The number of aliphatic hydroxyl groups is 7. The Kier molecular flexibility index (Phi) is 35.6. The fraction of sp³-hybridized carbons (Fsp3) is 0.736. The highest BCUT2D eigenvalue weighted by molar-refractivity contribution is 5.70. The minimum Gasteiger partial charge on any atom is -0.462 e. The molecule has 2 aliphatic rings. The van der Waals surface area contributed by atoms with E-state index in [1.54, 1.807) is 0 Å². The number of allylic oxidation sites excluding steroid dienone is 12. The third-order valence-corrected chi connectivity index (χ3v) is 11.6. The molecule has 390 valence electrons. The van der Waals surface area contributed by atoms with Crippen LogP contribution in [0.5, 0.6) is 0 Å². The van der Waals surface area contributed by atoms with Crippen molar-refractivity contribution in [3.8, 4) is 0 Å². The Labute approximate surface area is 406 Å². The number of unbranched alkanes of at least 4 members (excludes halogenated alkanes) is 12. The van der Waals surface area contributed by atoms with Crippen molar-refractivity contribution in [3.05, 3.63) is 72.9 Å². The molecule has 0 aliphatic carbocycles. The summed E-state index contributed by atoms with van der Waals surface area (Å²) in [5.74, 6) is -0.984. The Morgan fingerprint density at radius 2 is 0.912 bits per heavy atom. The van der Waals surface area contributed by atoms with E-state index in [0.29, 0.717) is 12.8 Å². The van der Waals surface area contributed by atoms with Gasteiger partial charge >= 0.3 is 11.9 Å². The molecule has 2 aliphatic heterocycles. The van der Waals surface area contributed by atoms with Crippen LogP contribution in [0.1, 0.15) is 155 Å². The smallest absolute Gasteiger partial charge is 0.306 e. The first-order valence-electron chi connectivity index (χ1n) is 25.5. The Balaban J connectivity index is 1.84. The number of esters is 2. The van der Waals surface area contributed by atoms with E-state index in [9.17, 15) is 45.3 Å². The number of carbonyl (C=O) groups excluding carboxylic acids is 2. The maximum atomic E-state index is 13.0. The minimum atomic E-state index is -1.78. The SMILES string of the molecule is CCC/C=C/C/C=C/C/C=C/C/C=C/CCCCCC(=O)OC[C@@H](CO[C@@H]1O[C@H](CO[C@@H]2O[C@H](CO)[C@H](O)C(O)C2O)[C@H](O)C(O)C1O)OC(=O)CCCCCCC/C=C/C/C=C/CCCCC. The fourth-order valence-corrected chi connectivity index (χ4v) is 7.41. The van der Waals surface area contributed by atoms with Crippen LogP contribution in [0.3, 0.4) is 0 Å². The zero-order valence-corrected chi connectivity index (χ0v) is 41.1. The molecule has 2 saturated heterocycles. The molecule has 15 heteroatoms. The van der Waals surface area contributed by atoms with Crippen LogP contribution >= 0.6 is 0 Å². The predicted octanol–water partition coefficient (Wildman–Crippen LogP) is 7.04. The summed E-state index contributed by atoms with van der Waals surface area (Å²) in [5, 5.41) is 72.1. The molecule has 2 fully saturated rings. The lowest BCUT2D eigenvalue weighted by Crippen LogP contribution is -2.61. The van der Waals surface area contributed by atoms with Crippen molar-refractivity contribution in [2.24, 2.45) is 0 Å². The summed E-state index contributed by atoms with van der Waals surface area (Å²) >= 11 is 0. The minimum absolute atomic E-state index is 0.138. The normalized spacial score (nSPS) is 26.4. The highest BCUT2D eigenvalue weighted by atomic mass is 16.7. The molecular formula is C53H88O15. The number of hydrogen-bond acceptors (Lipinski definition) is 15. The zero-order chi connectivity index (χ0) is 49.6. The number of hydrogen-bond donors (Lipinski definition) is 7. The van der Waals surface area contributed by atoms with Gasteiger partial charge in [0.05, 0.1) is 19.8 Å². The van der Waals surface area contributed by atoms with Crippen LogP contribution < -0.4 is 0 Å². The summed E-state index contributed by atoms with van der Waals surface area (Å²) in [7, 11) is 0. The second kappa shape index (κ2) is 39.6. The van der Waals surface area contributed by atoms with Gasteiger partial charge in [0, 0.05) is 12.8 Å². The van der Waals surface area contributed by atoms with Crippen LogP contribution in [-0.2, 0) is 38.0 Å². The molecule has 2 heterocycles. The molecule has 0 aromatic carbocycles. The van der Waals surface area contributed by atoms with E-state index in [1.807, 2.05) is 0 Å². The van der Waals surface area contributed by atoms with Gasteiger partial charge in [0.15, 0.2) is 18.7 Å². The summed E-state index contributed by atoms with van der Waals surface area (Å²) in [6, 6.07) is 0. The third kappa shape index (κ3) is 27.4. The molecule has 0 aromatic heterocycles. The molecule has 68 heavy (non-hydrogen) atoms. The Morgan fingerprint density at radius 3 is 1.46 bits per heavy atom. The fourth-order valence-electron chi connectivity index (χ4n) is 7.41. The second-order valence-corrected chi connectivity index (χ2v) is 17.6. The zero-order valence-electron chi connectivity index (χ0n) is 41.1. The van der Waals surface area contributed by atoms with Crippen LogP contribution in [0, 0.1) is 0 Å². The van der Waals surface area contributed by atoms with Crippen LogP contribution in [0.25, 0.3) is 0 Å². The van der Waals surface area contributed by atoms with Gasteiger partial charge in [0.1, 0.15) is 55.4 Å². The van der Waals surface area contributed by atoms with Crippen LogP contribution in [0.2, 0.25) is 0 Å². The number of ether oxygens (including phenoxy) is 6. The van der Waals surface area contributed by atoms with Gasteiger partial charge in [-0.2, -0.15) is 0 Å². The molecule has 7 N–H and O–H groups in total. The summed E-state index contributed by atoms with van der Waals surface area (Å²) in [6.45, 7) is 2.43. The van der Waals surface area contributed by atoms with E-state index in [4.69, 9.17) is 28.4 Å². The van der Waals surface area contributed by atoms with E-state index in [-0.39, 0.29) is 19.4 Å². The van der Waals surface area contributed by atoms with Gasteiger partial charge in [-0.15, -0.1) is 0 Å². The van der Waals surface area contributed by atoms with Crippen LogP contribution in [-0.4, -0.2) is 142 Å². The van der Waals surface area contributed by atoms with Gasteiger partial charge in [0.25, 0.3) is 0 Å². The Bertz CT molecular complexity index is 1460. The van der Waals surface area contributed by atoms with Gasteiger partial charge in [-0.25, -0.2) is 0 Å². The summed E-state index contributed by atoms with van der Waals surface area (Å²) in [4.78, 5) is 25.7. The summed E-state index contributed by atoms with van der Waals surface area (Å²) in [5.41, 5.74) is 0. The topological polar surface area (TPSA) is 231 Å². The number of carbonyl (C=O) groups is 2. The van der Waals surface area contributed by atoms with Gasteiger partial charge in [-0.1, -0.05) is 132 Å². The van der Waals surface area contributed by atoms with E-state index < -0.39 is 99.3 Å². The van der Waals surface area contributed by atoms with Crippen molar-refractivity contribution in [2.45, 2.75) is 223 Å². The average molecular weight is 965 g/mol. The maximum Gasteiger partial charge on any atom is 0.306 e. The Hall–Kier alpha value is -3.06. The molecule has 2 rings (SSSR count). The second-order valence-electron chi connectivity index (χ2n) is 17.6. The van der Waals surface area contributed by atoms with Gasteiger partial charge in [-0.05, 0) is 83.5 Å². The summed E-state index contributed by atoms with van der Waals surface area (Å²) < 4.78 is 33.5. The quantitative estimate of drug-likeness (QED) is 0.0187. The van der Waals surface area contributed by atoms with Crippen molar-refractivity contribution >= 4 is 11.9 Å². The maximum absolute atomic E-state index is 13.0.